The Labute approximate surface area is 125 Å². The van der Waals surface area contributed by atoms with E-state index in [4.69, 9.17) is 15.2 Å². The molecule has 1 unspecified atom stereocenters. The predicted octanol–water partition coefficient (Wildman–Crippen LogP) is 0.866. The van der Waals surface area contributed by atoms with Gasteiger partial charge in [0.05, 0.1) is 38.5 Å². The largest absolute Gasteiger partial charge is 0.495 e. The predicted molar refractivity (Wildman–Crippen MR) is 80.2 cm³/mol. The van der Waals surface area contributed by atoms with E-state index < -0.39 is 0 Å². The molecule has 0 bridgehead atoms. The minimum atomic E-state index is -0.00995. The van der Waals surface area contributed by atoms with Gasteiger partial charge in [-0.15, -0.1) is 0 Å². The molecule has 21 heavy (non-hydrogen) atoms. The van der Waals surface area contributed by atoms with Crippen LogP contribution in [0.15, 0.2) is 18.2 Å². The lowest BCUT2D eigenvalue weighted by molar-refractivity contribution is 0.00359. The van der Waals surface area contributed by atoms with Crippen LogP contribution in [-0.4, -0.2) is 50.3 Å². The van der Waals surface area contributed by atoms with Crippen molar-refractivity contribution in [2.75, 3.05) is 33.4 Å². The van der Waals surface area contributed by atoms with Crippen molar-refractivity contribution in [1.82, 2.24) is 4.90 Å². The summed E-state index contributed by atoms with van der Waals surface area (Å²) in [7, 11) is 1.58. The van der Waals surface area contributed by atoms with Crippen LogP contribution < -0.4 is 10.5 Å². The Hall–Kier alpha value is -2.03. The number of benzene rings is 1. The number of amides is 1. The second-order valence-corrected chi connectivity index (χ2v) is 4.84. The van der Waals surface area contributed by atoms with Gasteiger partial charge >= 0.3 is 0 Å². The van der Waals surface area contributed by atoms with Crippen LogP contribution in [0.25, 0.3) is 0 Å². The van der Waals surface area contributed by atoms with Gasteiger partial charge in [0.15, 0.2) is 0 Å². The molecule has 0 aromatic heterocycles. The maximum Gasteiger partial charge on any atom is 0.254 e. The maximum absolute atomic E-state index is 12.6. The molecule has 1 heterocycles. The van der Waals surface area contributed by atoms with E-state index in [0.29, 0.717) is 36.6 Å². The molecule has 5 nitrogen and oxygen atoms in total. The number of carbonyl (C=O) groups excluding carboxylic acids is 1. The molecule has 0 saturated carbocycles. The summed E-state index contributed by atoms with van der Waals surface area (Å²) in [5.74, 6) is 6.36. The lowest BCUT2D eigenvalue weighted by Crippen LogP contribution is -2.47. The molecule has 5 heteroatoms. The molecule has 112 valence electrons. The van der Waals surface area contributed by atoms with Crippen LogP contribution in [0, 0.1) is 11.8 Å². The van der Waals surface area contributed by atoms with Crippen molar-refractivity contribution in [3.63, 3.8) is 0 Å². The number of rotatable bonds is 2. The molecule has 1 aromatic carbocycles. The van der Waals surface area contributed by atoms with Gasteiger partial charge in [0.1, 0.15) is 5.75 Å². The summed E-state index contributed by atoms with van der Waals surface area (Å²) in [5, 5.41) is 0. The van der Waals surface area contributed by atoms with E-state index in [9.17, 15) is 4.79 Å². The summed E-state index contributed by atoms with van der Waals surface area (Å²) >= 11 is 0. The fourth-order valence-electron chi connectivity index (χ4n) is 2.28. The smallest absolute Gasteiger partial charge is 0.254 e. The SMILES string of the molecule is COc1ccc(C(=O)N2CCOCC2C)cc1C#CCN. The highest BCUT2D eigenvalue weighted by Crippen LogP contribution is 2.21. The van der Waals surface area contributed by atoms with Crippen molar-refractivity contribution >= 4 is 5.91 Å². The van der Waals surface area contributed by atoms with Crippen molar-refractivity contribution in [1.29, 1.82) is 0 Å². The Balaban J connectivity index is 2.28. The molecule has 1 saturated heterocycles. The normalized spacial score (nSPS) is 17.9. The van der Waals surface area contributed by atoms with Crippen LogP contribution in [0.3, 0.4) is 0 Å². The summed E-state index contributed by atoms with van der Waals surface area (Å²) in [4.78, 5) is 14.4. The number of nitrogens with zero attached hydrogens (tertiary/aromatic N) is 1. The lowest BCUT2D eigenvalue weighted by Gasteiger charge is -2.33. The zero-order valence-electron chi connectivity index (χ0n) is 12.4. The fourth-order valence-corrected chi connectivity index (χ4v) is 2.28. The molecule has 2 N–H and O–H groups in total. The summed E-state index contributed by atoms with van der Waals surface area (Å²) < 4.78 is 10.6. The van der Waals surface area contributed by atoms with E-state index in [2.05, 4.69) is 11.8 Å². The number of ether oxygens (including phenoxy) is 2. The van der Waals surface area contributed by atoms with E-state index in [1.807, 2.05) is 11.8 Å². The fraction of sp³-hybridized carbons (Fsp3) is 0.438. The van der Waals surface area contributed by atoms with Gasteiger partial charge in [-0.1, -0.05) is 11.8 Å². The lowest BCUT2D eigenvalue weighted by atomic mass is 10.1. The Morgan fingerprint density at radius 3 is 3.05 bits per heavy atom. The van der Waals surface area contributed by atoms with Crippen molar-refractivity contribution in [2.45, 2.75) is 13.0 Å². The van der Waals surface area contributed by atoms with Crippen molar-refractivity contribution in [3.8, 4) is 17.6 Å². The molecule has 2 rings (SSSR count). The second-order valence-electron chi connectivity index (χ2n) is 4.84. The Morgan fingerprint density at radius 1 is 1.57 bits per heavy atom. The van der Waals surface area contributed by atoms with Gasteiger partial charge in [-0.25, -0.2) is 0 Å². The number of hydrogen-bond donors (Lipinski definition) is 1. The number of morpholine rings is 1. The first-order valence-corrected chi connectivity index (χ1v) is 6.93. The molecule has 0 spiro atoms. The third kappa shape index (κ3) is 3.54. The van der Waals surface area contributed by atoms with Gasteiger partial charge in [-0.3, -0.25) is 4.79 Å². The highest BCUT2D eigenvalue weighted by Gasteiger charge is 2.25. The Kier molecular flexibility index (Phi) is 5.20. The van der Waals surface area contributed by atoms with E-state index >= 15 is 0 Å². The van der Waals surface area contributed by atoms with Gasteiger partial charge in [0, 0.05) is 12.1 Å². The van der Waals surface area contributed by atoms with E-state index in [0.717, 1.165) is 0 Å². The van der Waals surface area contributed by atoms with Gasteiger partial charge in [-0.05, 0) is 25.1 Å². The molecule has 1 atom stereocenters. The maximum atomic E-state index is 12.6. The number of carbonyl (C=O) groups is 1. The first-order valence-electron chi connectivity index (χ1n) is 6.93. The van der Waals surface area contributed by atoms with Gasteiger partial charge in [-0.2, -0.15) is 0 Å². The number of methoxy groups -OCH3 is 1. The average molecular weight is 288 g/mol. The quantitative estimate of drug-likeness (QED) is 0.820. The zero-order chi connectivity index (χ0) is 15.2. The van der Waals surface area contributed by atoms with Crippen LogP contribution >= 0.6 is 0 Å². The summed E-state index contributed by atoms with van der Waals surface area (Å²) in [6.07, 6.45) is 0. The summed E-state index contributed by atoms with van der Waals surface area (Å²) in [5.41, 5.74) is 6.68. The number of nitrogens with two attached hydrogens (primary N) is 1. The molecule has 1 amide bonds. The van der Waals surface area contributed by atoms with Gasteiger partial charge < -0.3 is 20.1 Å². The Bertz CT molecular complexity index is 575. The van der Waals surface area contributed by atoms with Crippen LogP contribution in [0.4, 0.5) is 0 Å². The third-order valence-electron chi connectivity index (χ3n) is 3.40. The second kappa shape index (κ2) is 7.11. The minimum Gasteiger partial charge on any atom is -0.495 e. The average Bonchev–Trinajstić information content (AvgIpc) is 2.52. The summed E-state index contributed by atoms with van der Waals surface area (Å²) in [6.45, 7) is 4.00. The highest BCUT2D eigenvalue weighted by atomic mass is 16.5. The van der Waals surface area contributed by atoms with Crippen LogP contribution in [0.5, 0.6) is 5.75 Å². The molecule has 0 radical (unpaired) electrons. The molecule has 1 aliphatic heterocycles. The molecule has 1 aliphatic rings. The number of hydrogen-bond acceptors (Lipinski definition) is 4. The first-order chi connectivity index (χ1) is 10.2. The molecule has 1 aromatic rings. The third-order valence-corrected chi connectivity index (χ3v) is 3.40. The molecule has 0 aliphatic carbocycles. The van der Waals surface area contributed by atoms with Gasteiger partial charge in [0.25, 0.3) is 5.91 Å². The van der Waals surface area contributed by atoms with Crippen LogP contribution in [0.2, 0.25) is 0 Å². The molecular formula is C16H20N2O3. The van der Waals surface area contributed by atoms with Gasteiger partial charge in [0.2, 0.25) is 0 Å². The summed E-state index contributed by atoms with van der Waals surface area (Å²) in [6, 6.07) is 5.36. The first kappa shape index (κ1) is 15.4. The van der Waals surface area contributed by atoms with E-state index in [1.54, 1.807) is 25.3 Å². The van der Waals surface area contributed by atoms with Crippen molar-refractivity contribution in [2.24, 2.45) is 5.73 Å². The van der Waals surface area contributed by atoms with E-state index in [-0.39, 0.29) is 18.5 Å². The highest BCUT2D eigenvalue weighted by molar-refractivity contribution is 5.95. The standard InChI is InChI=1S/C16H20N2O3/c1-12-11-21-9-8-18(12)16(19)14-5-6-15(20-2)13(10-14)4-3-7-17/h5-6,10,12H,7-9,11,17H2,1-2H3. The van der Waals surface area contributed by atoms with Crippen LogP contribution in [-0.2, 0) is 4.74 Å². The topological polar surface area (TPSA) is 64.8 Å². The zero-order valence-corrected chi connectivity index (χ0v) is 12.4. The minimum absolute atomic E-state index is 0.00995. The van der Waals surface area contributed by atoms with E-state index in [1.165, 1.54) is 0 Å². The molecule has 1 fully saturated rings. The van der Waals surface area contributed by atoms with Crippen molar-refractivity contribution in [3.05, 3.63) is 29.3 Å². The Morgan fingerprint density at radius 2 is 2.38 bits per heavy atom. The monoisotopic (exact) mass is 288 g/mol. The molecular weight excluding hydrogens is 268 g/mol. The van der Waals surface area contributed by atoms with Crippen LogP contribution in [0.1, 0.15) is 22.8 Å². The van der Waals surface area contributed by atoms with Crippen molar-refractivity contribution < 1.29 is 14.3 Å².